The van der Waals surface area contributed by atoms with Crippen LogP contribution < -0.4 is 5.32 Å². The lowest BCUT2D eigenvalue weighted by molar-refractivity contribution is -0.151. The topological polar surface area (TPSA) is 50.8 Å². The van der Waals surface area contributed by atoms with Crippen LogP contribution in [0.3, 0.4) is 0 Å². The molecule has 15 heavy (non-hydrogen) atoms. The number of ether oxygens (including phenoxy) is 2. The van der Waals surface area contributed by atoms with Gasteiger partial charge >= 0.3 is 5.97 Å². The fraction of sp³-hybridized carbons (Fsp3) is 0.900. The zero-order chi connectivity index (χ0) is 10.7. The van der Waals surface area contributed by atoms with Crippen LogP contribution in [0.1, 0.15) is 6.42 Å². The van der Waals surface area contributed by atoms with Crippen molar-refractivity contribution in [3.05, 3.63) is 0 Å². The summed E-state index contributed by atoms with van der Waals surface area (Å²) in [6.07, 6.45) is 0.419. The Bertz CT molecular complexity index is 229. The van der Waals surface area contributed by atoms with Crippen molar-refractivity contribution >= 4 is 5.97 Å². The molecule has 1 N–H and O–H groups in total. The highest BCUT2D eigenvalue weighted by atomic mass is 16.6. The molecule has 86 valence electrons. The van der Waals surface area contributed by atoms with Crippen molar-refractivity contribution in [1.82, 2.24) is 10.2 Å². The Morgan fingerprint density at radius 3 is 2.87 bits per heavy atom. The minimum Gasteiger partial charge on any atom is -0.467 e. The van der Waals surface area contributed by atoms with Crippen molar-refractivity contribution in [2.24, 2.45) is 0 Å². The van der Waals surface area contributed by atoms with Crippen molar-refractivity contribution < 1.29 is 14.3 Å². The van der Waals surface area contributed by atoms with Crippen LogP contribution in [-0.4, -0.2) is 62.9 Å². The molecule has 5 nitrogen and oxygen atoms in total. The van der Waals surface area contributed by atoms with Gasteiger partial charge in [-0.25, -0.2) is 4.79 Å². The highest BCUT2D eigenvalue weighted by molar-refractivity contribution is 5.74. The standard InChI is InChI=1S/C10H18N2O3/c1-14-10(13)9-6-8(7-15-9)12-4-2-11-3-5-12/h8-9,11H,2-7H2,1H3. The Morgan fingerprint density at radius 2 is 2.20 bits per heavy atom. The van der Waals surface area contributed by atoms with Crippen LogP contribution in [0.4, 0.5) is 0 Å². The first kappa shape index (κ1) is 10.9. The van der Waals surface area contributed by atoms with Gasteiger partial charge in [-0.15, -0.1) is 0 Å². The number of hydrogen-bond donors (Lipinski definition) is 1. The Morgan fingerprint density at radius 1 is 1.47 bits per heavy atom. The summed E-state index contributed by atoms with van der Waals surface area (Å²) in [5.41, 5.74) is 0. The van der Waals surface area contributed by atoms with E-state index in [-0.39, 0.29) is 12.1 Å². The third-order valence-electron chi connectivity index (χ3n) is 3.11. The molecule has 0 bridgehead atoms. The number of carbonyl (C=O) groups excluding carboxylic acids is 1. The van der Waals surface area contributed by atoms with Gasteiger partial charge in [0, 0.05) is 38.6 Å². The minimum atomic E-state index is -0.352. The lowest BCUT2D eigenvalue weighted by Crippen LogP contribution is -2.48. The third kappa shape index (κ3) is 2.48. The quantitative estimate of drug-likeness (QED) is 0.611. The molecular weight excluding hydrogens is 196 g/mol. The van der Waals surface area contributed by atoms with Gasteiger partial charge < -0.3 is 14.8 Å². The zero-order valence-corrected chi connectivity index (χ0v) is 9.07. The average Bonchev–Trinajstić information content (AvgIpc) is 2.78. The fourth-order valence-electron chi connectivity index (χ4n) is 2.21. The molecule has 2 heterocycles. The lowest BCUT2D eigenvalue weighted by atomic mass is 10.1. The van der Waals surface area contributed by atoms with Gasteiger partial charge in [0.2, 0.25) is 0 Å². The minimum absolute atomic E-state index is 0.243. The van der Waals surface area contributed by atoms with Crippen LogP contribution in [0.2, 0.25) is 0 Å². The van der Waals surface area contributed by atoms with Gasteiger partial charge in [0.15, 0.2) is 6.10 Å². The summed E-state index contributed by atoms with van der Waals surface area (Å²) in [5.74, 6) is -0.243. The van der Waals surface area contributed by atoms with Crippen molar-refractivity contribution in [3.8, 4) is 0 Å². The number of hydrogen-bond acceptors (Lipinski definition) is 5. The van der Waals surface area contributed by atoms with Gasteiger partial charge in [-0.05, 0) is 0 Å². The Hall–Kier alpha value is -0.650. The largest absolute Gasteiger partial charge is 0.467 e. The van der Waals surface area contributed by atoms with Crippen LogP contribution in [-0.2, 0) is 14.3 Å². The average molecular weight is 214 g/mol. The molecular formula is C10H18N2O3. The smallest absolute Gasteiger partial charge is 0.335 e. The maximum absolute atomic E-state index is 11.3. The molecule has 0 radical (unpaired) electrons. The van der Waals surface area contributed by atoms with E-state index in [4.69, 9.17) is 4.74 Å². The van der Waals surface area contributed by atoms with Gasteiger partial charge in [-0.1, -0.05) is 0 Å². The normalized spacial score (nSPS) is 32.9. The molecule has 0 aromatic rings. The summed E-state index contributed by atoms with van der Waals surface area (Å²) in [5, 5.41) is 3.31. The highest BCUT2D eigenvalue weighted by Crippen LogP contribution is 2.19. The molecule has 0 aliphatic carbocycles. The van der Waals surface area contributed by atoms with Crippen molar-refractivity contribution in [2.45, 2.75) is 18.6 Å². The second-order valence-electron chi connectivity index (χ2n) is 4.02. The first-order valence-electron chi connectivity index (χ1n) is 5.45. The maximum Gasteiger partial charge on any atom is 0.335 e. The van der Waals surface area contributed by atoms with E-state index in [0.717, 1.165) is 32.6 Å². The molecule has 2 saturated heterocycles. The van der Waals surface area contributed by atoms with Gasteiger partial charge in [0.25, 0.3) is 0 Å². The predicted octanol–water partition coefficient (Wildman–Crippen LogP) is -0.778. The van der Waals surface area contributed by atoms with E-state index < -0.39 is 0 Å². The molecule has 2 aliphatic heterocycles. The van der Waals surface area contributed by atoms with Crippen LogP contribution in [0.15, 0.2) is 0 Å². The molecule has 2 rings (SSSR count). The third-order valence-corrected chi connectivity index (χ3v) is 3.11. The van der Waals surface area contributed by atoms with Gasteiger partial charge in [0.05, 0.1) is 13.7 Å². The lowest BCUT2D eigenvalue weighted by Gasteiger charge is -2.31. The van der Waals surface area contributed by atoms with E-state index in [1.807, 2.05) is 0 Å². The van der Waals surface area contributed by atoms with Crippen LogP contribution in [0.5, 0.6) is 0 Å². The molecule has 0 amide bonds. The van der Waals surface area contributed by atoms with Crippen LogP contribution >= 0.6 is 0 Å². The van der Waals surface area contributed by atoms with Gasteiger partial charge in [-0.2, -0.15) is 0 Å². The number of methoxy groups -OCH3 is 1. The van der Waals surface area contributed by atoms with Crippen molar-refractivity contribution in [1.29, 1.82) is 0 Å². The molecule has 0 saturated carbocycles. The van der Waals surface area contributed by atoms with Crippen LogP contribution in [0, 0.1) is 0 Å². The van der Waals surface area contributed by atoms with Crippen LogP contribution in [0.25, 0.3) is 0 Å². The number of esters is 1. The number of carbonyl (C=O) groups is 1. The van der Waals surface area contributed by atoms with E-state index >= 15 is 0 Å². The van der Waals surface area contributed by atoms with E-state index in [9.17, 15) is 4.79 Å². The fourth-order valence-corrected chi connectivity index (χ4v) is 2.21. The molecule has 0 aromatic carbocycles. The number of nitrogens with one attached hydrogen (secondary N) is 1. The molecule has 2 atom stereocenters. The molecule has 0 spiro atoms. The highest BCUT2D eigenvalue weighted by Gasteiger charge is 2.35. The number of piperazine rings is 1. The second-order valence-corrected chi connectivity index (χ2v) is 4.02. The maximum atomic E-state index is 11.3. The summed E-state index contributed by atoms with van der Waals surface area (Å²) in [6, 6.07) is 0.385. The number of rotatable bonds is 2. The number of nitrogens with zero attached hydrogens (tertiary/aromatic N) is 1. The van der Waals surface area contributed by atoms with E-state index in [1.165, 1.54) is 7.11 Å². The molecule has 2 unspecified atom stereocenters. The molecule has 5 heteroatoms. The molecule has 2 fully saturated rings. The van der Waals surface area contributed by atoms with E-state index in [1.54, 1.807) is 0 Å². The monoisotopic (exact) mass is 214 g/mol. The SMILES string of the molecule is COC(=O)C1CC(N2CCNCC2)CO1. The zero-order valence-electron chi connectivity index (χ0n) is 9.07. The van der Waals surface area contributed by atoms with E-state index in [0.29, 0.717) is 12.6 Å². The van der Waals surface area contributed by atoms with E-state index in [2.05, 4.69) is 15.0 Å². The van der Waals surface area contributed by atoms with Crippen molar-refractivity contribution in [2.75, 3.05) is 39.9 Å². The summed E-state index contributed by atoms with van der Waals surface area (Å²) >= 11 is 0. The summed E-state index contributed by atoms with van der Waals surface area (Å²) in [6.45, 7) is 4.79. The Kier molecular flexibility index (Phi) is 3.56. The predicted molar refractivity (Wildman–Crippen MR) is 54.6 cm³/mol. The Balaban J connectivity index is 1.83. The summed E-state index contributed by atoms with van der Waals surface area (Å²) < 4.78 is 10.1. The second kappa shape index (κ2) is 4.92. The first-order chi connectivity index (χ1) is 7.31. The van der Waals surface area contributed by atoms with Gasteiger partial charge in [-0.3, -0.25) is 4.90 Å². The summed E-state index contributed by atoms with van der Waals surface area (Å²) in [4.78, 5) is 13.7. The van der Waals surface area contributed by atoms with Gasteiger partial charge in [0.1, 0.15) is 0 Å². The molecule has 2 aliphatic rings. The summed E-state index contributed by atoms with van der Waals surface area (Å²) in [7, 11) is 1.41. The molecule has 0 aromatic heterocycles. The Labute approximate surface area is 89.7 Å². The van der Waals surface area contributed by atoms with Crippen molar-refractivity contribution in [3.63, 3.8) is 0 Å². The first-order valence-corrected chi connectivity index (χ1v) is 5.45.